The average Bonchev–Trinajstić information content (AvgIpc) is 3.40. The van der Waals surface area contributed by atoms with Gasteiger partial charge in [0.15, 0.2) is 5.78 Å². The van der Waals surface area contributed by atoms with Crippen LogP contribution < -0.4 is 0 Å². The van der Waals surface area contributed by atoms with Crippen molar-refractivity contribution >= 4 is 34.4 Å². The highest BCUT2D eigenvalue weighted by Gasteiger charge is 2.25. The van der Waals surface area contributed by atoms with Crippen LogP contribution in [0.2, 0.25) is 0 Å². The SMILES string of the molecule is O=C(CCC(=O)C1=CC(c2c[nH]c3ccccc23)CS1)OCCN1CCOCC1. The third kappa shape index (κ3) is 5.10. The summed E-state index contributed by atoms with van der Waals surface area (Å²) in [6.07, 6.45) is 4.42. The zero-order valence-corrected chi connectivity index (χ0v) is 17.2. The summed E-state index contributed by atoms with van der Waals surface area (Å²) in [7, 11) is 0. The van der Waals surface area contributed by atoms with Crippen molar-refractivity contribution in [2.24, 2.45) is 0 Å². The lowest BCUT2D eigenvalue weighted by molar-refractivity contribution is -0.145. The molecule has 29 heavy (non-hydrogen) atoms. The summed E-state index contributed by atoms with van der Waals surface area (Å²) in [6.45, 7) is 4.30. The summed E-state index contributed by atoms with van der Waals surface area (Å²) in [5.74, 6) is 0.800. The third-order valence-corrected chi connectivity index (χ3v) is 6.60. The van der Waals surface area contributed by atoms with Crippen LogP contribution in [0.1, 0.15) is 24.3 Å². The van der Waals surface area contributed by atoms with E-state index in [1.54, 1.807) is 11.8 Å². The molecule has 1 fully saturated rings. The van der Waals surface area contributed by atoms with Gasteiger partial charge in [0.1, 0.15) is 6.61 Å². The van der Waals surface area contributed by atoms with Gasteiger partial charge < -0.3 is 14.5 Å². The maximum absolute atomic E-state index is 12.5. The number of hydrogen-bond acceptors (Lipinski definition) is 6. The van der Waals surface area contributed by atoms with Crippen molar-refractivity contribution in [2.45, 2.75) is 18.8 Å². The minimum atomic E-state index is -0.302. The molecular formula is C22H26N2O4S. The Morgan fingerprint density at radius 3 is 2.90 bits per heavy atom. The minimum Gasteiger partial charge on any atom is -0.464 e. The van der Waals surface area contributed by atoms with Gasteiger partial charge in [-0.05, 0) is 11.6 Å². The molecule has 1 N–H and O–H groups in total. The van der Waals surface area contributed by atoms with Crippen LogP contribution in [0.3, 0.4) is 0 Å². The highest BCUT2D eigenvalue weighted by atomic mass is 32.2. The van der Waals surface area contributed by atoms with Crippen LogP contribution in [0.15, 0.2) is 41.4 Å². The van der Waals surface area contributed by atoms with Gasteiger partial charge in [0.25, 0.3) is 0 Å². The molecule has 7 heteroatoms. The number of allylic oxidation sites excluding steroid dienone is 2. The summed E-state index contributed by atoms with van der Waals surface area (Å²) in [6, 6.07) is 8.20. The first-order chi connectivity index (χ1) is 14.2. The largest absolute Gasteiger partial charge is 0.464 e. The Labute approximate surface area is 174 Å². The average molecular weight is 415 g/mol. The fourth-order valence-corrected chi connectivity index (χ4v) is 4.89. The maximum Gasteiger partial charge on any atom is 0.306 e. The lowest BCUT2D eigenvalue weighted by Gasteiger charge is -2.26. The molecule has 0 aliphatic carbocycles. The van der Waals surface area contributed by atoms with Crippen molar-refractivity contribution in [3.63, 3.8) is 0 Å². The number of H-pyrrole nitrogens is 1. The molecule has 0 saturated carbocycles. The van der Waals surface area contributed by atoms with Gasteiger partial charge in [0, 0.05) is 59.7 Å². The standard InChI is InChI=1S/C22H26N2O4S/c25-20(5-6-22(26)28-12-9-24-7-10-27-11-8-24)21-13-16(15-29-21)18-14-23-19-4-2-1-3-17(18)19/h1-4,13-14,16,23H,5-12,15H2. The molecule has 1 atom stereocenters. The number of esters is 1. The third-order valence-electron chi connectivity index (χ3n) is 5.40. The number of para-hydroxylation sites is 1. The molecule has 0 radical (unpaired) electrons. The fourth-order valence-electron chi connectivity index (χ4n) is 3.74. The van der Waals surface area contributed by atoms with Crippen molar-refractivity contribution in [3.8, 4) is 0 Å². The van der Waals surface area contributed by atoms with Gasteiger partial charge in [-0.15, -0.1) is 11.8 Å². The van der Waals surface area contributed by atoms with E-state index in [0.29, 0.717) is 6.61 Å². The lowest BCUT2D eigenvalue weighted by Crippen LogP contribution is -2.38. The number of carbonyl (C=O) groups is 2. The zero-order chi connectivity index (χ0) is 20.1. The van der Waals surface area contributed by atoms with E-state index in [4.69, 9.17) is 9.47 Å². The minimum absolute atomic E-state index is 0.0301. The van der Waals surface area contributed by atoms with E-state index >= 15 is 0 Å². The Bertz CT molecular complexity index is 901. The predicted octanol–water partition coefficient (Wildman–Crippen LogP) is 3.11. The topological polar surface area (TPSA) is 71.6 Å². The van der Waals surface area contributed by atoms with Crippen molar-refractivity contribution in [1.82, 2.24) is 9.88 Å². The Morgan fingerprint density at radius 2 is 2.03 bits per heavy atom. The monoisotopic (exact) mass is 414 g/mol. The molecule has 2 aromatic rings. The van der Waals surface area contributed by atoms with E-state index in [2.05, 4.69) is 22.0 Å². The molecule has 3 heterocycles. The van der Waals surface area contributed by atoms with E-state index in [-0.39, 0.29) is 30.5 Å². The quantitative estimate of drug-likeness (QED) is 0.670. The number of benzene rings is 1. The number of hydrogen-bond donors (Lipinski definition) is 1. The zero-order valence-electron chi connectivity index (χ0n) is 16.4. The van der Waals surface area contributed by atoms with Crippen molar-refractivity contribution in [3.05, 3.63) is 47.0 Å². The molecule has 6 nitrogen and oxygen atoms in total. The number of morpholine rings is 1. The van der Waals surface area contributed by atoms with Gasteiger partial charge >= 0.3 is 5.97 Å². The number of carbonyl (C=O) groups excluding carboxylic acids is 2. The van der Waals surface area contributed by atoms with Gasteiger partial charge in [-0.3, -0.25) is 14.5 Å². The van der Waals surface area contributed by atoms with Crippen molar-refractivity contribution in [1.29, 1.82) is 0 Å². The second-order valence-corrected chi connectivity index (χ2v) is 8.40. The Balaban J connectivity index is 1.23. The van der Waals surface area contributed by atoms with Crippen LogP contribution in [-0.2, 0) is 19.1 Å². The number of ketones is 1. The summed E-state index contributed by atoms with van der Waals surface area (Å²) in [4.78, 5) is 30.8. The number of Topliss-reactive ketones (excluding diaryl/α,β-unsaturated/α-hetero) is 1. The molecule has 0 spiro atoms. The molecule has 1 unspecified atom stereocenters. The van der Waals surface area contributed by atoms with Crippen LogP contribution in [0, 0.1) is 0 Å². The Kier molecular flexibility index (Phi) is 6.69. The van der Waals surface area contributed by atoms with E-state index in [0.717, 1.165) is 49.0 Å². The Hall–Kier alpha value is -2.09. The molecule has 0 amide bonds. The molecule has 1 saturated heterocycles. The van der Waals surface area contributed by atoms with E-state index in [9.17, 15) is 9.59 Å². The molecule has 1 aromatic heterocycles. The fraction of sp³-hybridized carbons (Fsp3) is 0.455. The van der Waals surface area contributed by atoms with Crippen molar-refractivity contribution in [2.75, 3.05) is 45.2 Å². The van der Waals surface area contributed by atoms with Gasteiger partial charge in [-0.25, -0.2) is 0 Å². The normalized spacial score (nSPS) is 20.0. The maximum atomic E-state index is 12.5. The number of fused-ring (bicyclic) bond motifs is 1. The van der Waals surface area contributed by atoms with E-state index < -0.39 is 0 Å². The highest BCUT2D eigenvalue weighted by Crippen LogP contribution is 2.39. The van der Waals surface area contributed by atoms with Gasteiger partial charge in [-0.2, -0.15) is 0 Å². The second kappa shape index (κ2) is 9.61. The molecule has 4 rings (SSSR count). The smallest absolute Gasteiger partial charge is 0.306 e. The molecule has 2 aliphatic heterocycles. The first-order valence-electron chi connectivity index (χ1n) is 10.1. The number of aromatic amines is 1. The number of nitrogens with zero attached hydrogens (tertiary/aromatic N) is 1. The van der Waals surface area contributed by atoms with Crippen LogP contribution >= 0.6 is 11.8 Å². The van der Waals surface area contributed by atoms with Gasteiger partial charge in [0.05, 0.1) is 19.6 Å². The summed E-state index contributed by atoms with van der Waals surface area (Å²) in [5, 5.41) is 1.20. The molecule has 2 aliphatic rings. The first-order valence-corrected chi connectivity index (χ1v) is 11.1. The number of ether oxygens (including phenoxy) is 2. The number of nitrogens with one attached hydrogen (secondary N) is 1. The van der Waals surface area contributed by atoms with E-state index in [1.807, 2.05) is 24.4 Å². The number of rotatable bonds is 8. The van der Waals surface area contributed by atoms with Crippen LogP contribution in [0.25, 0.3) is 10.9 Å². The predicted molar refractivity (Wildman–Crippen MR) is 114 cm³/mol. The summed E-state index contributed by atoms with van der Waals surface area (Å²) < 4.78 is 10.6. The number of thioether (sulfide) groups is 1. The molecule has 0 bridgehead atoms. The van der Waals surface area contributed by atoms with Crippen LogP contribution in [0.5, 0.6) is 0 Å². The highest BCUT2D eigenvalue weighted by molar-refractivity contribution is 8.04. The Morgan fingerprint density at radius 1 is 1.21 bits per heavy atom. The van der Waals surface area contributed by atoms with Gasteiger partial charge in [-0.1, -0.05) is 24.3 Å². The number of aromatic nitrogens is 1. The summed E-state index contributed by atoms with van der Waals surface area (Å²) in [5.41, 5.74) is 2.33. The lowest BCUT2D eigenvalue weighted by atomic mass is 9.99. The van der Waals surface area contributed by atoms with Gasteiger partial charge in [0.2, 0.25) is 0 Å². The molecular weight excluding hydrogens is 388 g/mol. The summed E-state index contributed by atoms with van der Waals surface area (Å²) >= 11 is 1.58. The van der Waals surface area contributed by atoms with Crippen LogP contribution in [-0.4, -0.2) is 66.8 Å². The van der Waals surface area contributed by atoms with Crippen molar-refractivity contribution < 1.29 is 19.1 Å². The second-order valence-electron chi connectivity index (χ2n) is 7.34. The molecule has 1 aromatic carbocycles. The molecule has 154 valence electrons. The van der Waals surface area contributed by atoms with Crippen LogP contribution in [0.4, 0.5) is 0 Å². The van der Waals surface area contributed by atoms with E-state index in [1.165, 1.54) is 10.9 Å². The first kappa shape index (κ1) is 20.2.